The van der Waals surface area contributed by atoms with Crippen LogP contribution in [0.5, 0.6) is 0 Å². The van der Waals surface area contributed by atoms with Gasteiger partial charge in [-0.2, -0.15) is 26.3 Å². The third-order valence-electron chi connectivity index (χ3n) is 9.62. The Bertz CT molecular complexity index is 891. The van der Waals surface area contributed by atoms with Gasteiger partial charge in [0.05, 0.1) is 12.2 Å². The van der Waals surface area contributed by atoms with E-state index in [-0.39, 0.29) is 42.4 Å². The van der Waals surface area contributed by atoms with Crippen LogP contribution in [0.4, 0.5) is 26.3 Å². The number of allylic oxidation sites excluding steroid dienone is 3. The van der Waals surface area contributed by atoms with Gasteiger partial charge in [0.1, 0.15) is 0 Å². The Balaban J connectivity index is 1.73. The van der Waals surface area contributed by atoms with Crippen molar-refractivity contribution in [2.45, 2.75) is 109 Å². The molecule has 0 heterocycles. The summed E-state index contributed by atoms with van der Waals surface area (Å²) in [6.45, 7) is 8.87. The van der Waals surface area contributed by atoms with Gasteiger partial charge in [-0.15, -0.1) is 0 Å². The second-order valence-corrected chi connectivity index (χ2v) is 11.9. The fraction of sp³-hybridized carbons (Fsp3) is 0.786. The lowest BCUT2D eigenvalue weighted by Crippen LogP contribution is -2.61. The van der Waals surface area contributed by atoms with E-state index in [0.717, 1.165) is 44.6 Å². The zero-order valence-corrected chi connectivity index (χ0v) is 21.8. The molecule has 0 spiro atoms. The van der Waals surface area contributed by atoms with Crippen LogP contribution in [0.1, 0.15) is 78.6 Å². The minimum absolute atomic E-state index is 0.0933. The number of hydrogen-bond acceptors (Lipinski definition) is 3. The number of aliphatic hydroxyl groups is 3. The van der Waals surface area contributed by atoms with Crippen molar-refractivity contribution >= 4 is 0 Å². The molecule has 7 unspecified atom stereocenters. The molecule has 3 saturated carbocycles. The molecular weight excluding hydrogens is 498 g/mol. The average molecular weight is 539 g/mol. The van der Waals surface area contributed by atoms with E-state index >= 15 is 0 Å². The minimum atomic E-state index is -5.80. The zero-order valence-electron chi connectivity index (χ0n) is 21.8. The second-order valence-electron chi connectivity index (χ2n) is 11.9. The highest BCUT2D eigenvalue weighted by atomic mass is 19.4. The van der Waals surface area contributed by atoms with Crippen molar-refractivity contribution in [3.05, 3.63) is 35.5 Å². The van der Waals surface area contributed by atoms with Gasteiger partial charge >= 0.3 is 12.4 Å². The van der Waals surface area contributed by atoms with Crippen molar-refractivity contribution in [3.8, 4) is 0 Å². The highest BCUT2D eigenvalue weighted by Crippen LogP contribution is 2.60. The van der Waals surface area contributed by atoms with Crippen LogP contribution in [0.15, 0.2) is 35.5 Å². The van der Waals surface area contributed by atoms with Gasteiger partial charge in [-0.25, -0.2) is 0 Å². The van der Waals surface area contributed by atoms with Crippen LogP contribution < -0.4 is 0 Å². The van der Waals surface area contributed by atoms with Crippen LogP contribution in [0.3, 0.4) is 0 Å². The Kier molecular flexibility index (Phi) is 8.73. The summed E-state index contributed by atoms with van der Waals surface area (Å²) in [5.74, 6) is -1.69. The smallest absolute Gasteiger partial charge is 0.393 e. The van der Waals surface area contributed by atoms with Crippen LogP contribution >= 0.6 is 0 Å². The predicted octanol–water partition coefficient (Wildman–Crippen LogP) is 7.04. The summed E-state index contributed by atoms with van der Waals surface area (Å²) in [5, 5.41) is 29.8. The van der Waals surface area contributed by atoms with Gasteiger partial charge in [-0.05, 0) is 79.3 Å². The molecule has 3 N–H and O–H groups in total. The molecule has 7 atom stereocenters. The molecule has 3 fully saturated rings. The van der Waals surface area contributed by atoms with Crippen LogP contribution in [-0.2, 0) is 0 Å². The molecule has 0 saturated heterocycles. The van der Waals surface area contributed by atoms with Crippen molar-refractivity contribution in [2.75, 3.05) is 0 Å². The SMILES string of the molecule is C=C1/C(=C\C=C2/CCCC3(C)C2CCC3C(C)CCC(C)C(O)(C(F)(F)F)C(F)(F)F)CC(O)CC1O. The maximum atomic E-state index is 13.3. The number of aliphatic hydroxyl groups excluding tert-OH is 2. The molecular formula is C28H40F6O3. The first-order chi connectivity index (χ1) is 16.9. The summed E-state index contributed by atoms with van der Waals surface area (Å²) in [7, 11) is 0. The van der Waals surface area contributed by atoms with Gasteiger partial charge in [-0.3, -0.25) is 0 Å². The lowest BCUT2D eigenvalue weighted by molar-refractivity contribution is -0.384. The van der Waals surface area contributed by atoms with Gasteiger partial charge in [0.2, 0.25) is 0 Å². The fourth-order valence-electron chi connectivity index (χ4n) is 7.32. The Morgan fingerprint density at radius 2 is 1.65 bits per heavy atom. The number of fused-ring (bicyclic) bond motifs is 1. The molecule has 0 radical (unpaired) electrons. The third kappa shape index (κ3) is 5.69. The van der Waals surface area contributed by atoms with Crippen molar-refractivity contribution in [3.63, 3.8) is 0 Å². The molecule has 0 bridgehead atoms. The lowest BCUT2D eigenvalue weighted by Gasteiger charge is -2.45. The molecule has 9 heteroatoms. The Morgan fingerprint density at radius 3 is 2.24 bits per heavy atom. The summed E-state index contributed by atoms with van der Waals surface area (Å²) in [6, 6.07) is 0. The van der Waals surface area contributed by atoms with Crippen LogP contribution in [0.2, 0.25) is 0 Å². The van der Waals surface area contributed by atoms with E-state index in [0.29, 0.717) is 12.0 Å². The first-order valence-electron chi connectivity index (χ1n) is 13.2. The molecule has 0 aromatic carbocycles. The van der Waals surface area contributed by atoms with Gasteiger partial charge in [-0.1, -0.05) is 51.5 Å². The van der Waals surface area contributed by atoms with Gasteiger partial charge < -0.3 is 15.3 Å². The Morgan fingerprint density at radius 1 is 1.03 bits per heavy atom. The van der Waals surface area contributed by atoms with Crippen molar-refractivity contribution in [1.29, 1.82) is 0 Å². The quantitative estimate of drug-likeness (QED) is 0.318. The molecule has 3 nitrogen and oxygen atoms in total. The van der Waals surface area contributed by atoms with E-state index in [1.54, 1.807) is 0 Å². The largest absolute Gasteiger partial charge is 0.426 e. The van der Waals surface area contributed by atoms with E-state index in [4.69, 9.17) is 0 Å². The molecule has 3 aliphatic rings. The van der Waals surface area contributed by atoms with Crippen LogP contribution in [0, 0.1) is 29.1 Å². The number of alkyl halides is 6. The average Bonchev–Trinajstić information content (AvgIpc) is 3.14. The summed E-state index contributed by atoms with van der Waals surface area (Å²) >= 11 is 0. The number of hydrogen-bond donors (Lipinski definition) is 3. The number of rotatable bonds is 6. The standard InChI is InChI=1S/C28H40F6O3/c1-16(7-8-17(2)26(37,27(29,30)31)28(32,33)34)22-11-12-23-19(6-5-13-25(22,23)4)9-10-20-14-21(35)15-24(36)18(20)3/h9-10,16-17,21-24,35-37H,3,5-8,11-15H2,1-2,4H3/b19-9+,20-10-. The summed E-state index contributed by atoms with van der Waals surface area (Å²) in [4.78, 5) is 0. The molecule has 212 valence electrons. The van der Waals surface area contributed by atoms with Crippen LogP contribution in [-0.4, -0.2) is 45.5 Å². The molecule has 0 aromatic rings. The second kappa shape index (κ2) is 10.7. The monoisotopic (exact) mass is 538 g/mol. The maximum absolute atomic E-state index is 13.3. The van der Waals surface area contributed by atoms with Crippen molar-refractivity contribution in [2.24, 2.45) is 29.1 Å². The van der Waals surface area contributed by atoms with E-state index in [2.05, 4.69) is 19.6 Å². The molecule has 0 aliphatic heterocycles. The number of halogens is 6. The topological polar surface area (TPSA) is 60.7 Å². The van der Waals surface area contributed by atoms with E-state index in [1.165, 1.54) is 5.57 Å². The van der Waals surface area contributed by atoms with Crippen molar-refractivity contribution < 1.29 is 41.7 Å². The van der Waals surface area contributed by atoms with Gasteiger partial charge in [0.25, 0.3) is 5.60 Å². The van der Waals surface area contributed by atoms with Gasteiger partial charge in [0, 0.05) is 12.3 Å². The summed E-state index contributed by atoms with van der Waals surface area (Å²) in [5.41, 5.74) is -2.14. The van der Waals surface area contributed by atoms with E-state index in [1.807, 2.05) is 13.0 Å². The predicted molar refractivity (Wildman–Crippen MR) is 129 cm³/mol. The highest BCUT2D eigenvalue weighted by molar-refractivity contribution is 5.38. The molecule has 0 amide bonds. The molecule has 0 aromatic heterocycles. The third-order valence-corrected chi connectivity index (χ3v) is 9.62. The first-order valence-corrected chi connectivity index (χ1v) is 13.2. The minimum Gasteiger partial charge on any atom is -0.393 e. The zero-order chi connectivity index (χ0) is 28.0. The normalized spacial score (nSPS) is 35.6. The molecule has 3 aliphatic carbocycles. The Hall–Kier alpha value is -1.32. The Labute approximate surface area is 215 Å². The van der Waals surface area contributed by atoms with E-state index < -0.39 is 36.1 Å². The molecule has 3 rings (SSSR count). The summed E-state index contributed by atoms with van der Waals surface area (Å²) in [6.07, 6.45) is -3.96. The van der Waals surface area contributed by atoms with Crippen LogP contribution in [0.25, 0.3) is 0 Å². The molecule has 37 heavy (non-hydrogen) atoms. The van der Waals surface area contributed by atoms with Crippen molar-refractivity contribution in [1.82, 2.24) is 0 Å². The maximum Gasteiger partial charge on any atom is 0.426 e. The van der Waals surface area contributed by atoms with E-state index in [9.17, 15) is 41.7 Å². The first kappa shape index (κ1) is 30.2. The fourth-order valence-corrected chi connectivity index (χ4v) is 7.32. The lowest BCUT2D eigenvalue weighted by atomic mass is 9.60. The van der Waals surface area contributed by atoms with Gasteiger partial charge in [0.15, 0.2) is 0 Å². The highest BCUT2D eigenvalue weighted by Gasteiger charge is 2.72. The summed E-state index contributed by atoms with van der Waals surface area (Å²) < 4.78 is 79.6.